The Morgan fingerprint density at radius 2 is 1.95 bits per heavy atom. The first-order valence-corrected chi connectivity index (χ1v) is 7.33. The fourth-order valence-corrected chi connectivity index (χ4v) is 2.98. The molecule has 1 aliphatic rings. The van der Waals surface area contributed by atoms with Gasteiger partial charge in [0, 0.05) is 31.5 Å². The monoisotopic (exact) mass is 303 g/mol. The molecule has 0 unspecified atom stereocenters. The van der Waals surface area contributed by atoms with Crippen LogP contribution in [0.3, 0.4) is 0 Å². The Morgan fingerprint density at radius 1 is 1.32 bits per heavy atom. The van der Waals surface area contributed by atoms with Gasteiger partial charge in [-0.15, -0.1) is 0 Å². The number of nitrogens with zero attached hydrogens (tertiary/aromatic N) is 3. The third kappa shape index (κ3) is 3.00. The maximum atomic E-state index is 12.7. The predicted molar refractivity (Wildman–Crippen MR) is 81.2 cm³/mol. The van der Waals surface area contributed by atoms with E-state index in [0.29, 0.717) is 18.5 Å². The number of Topliss-reactive ketones (excluding diaryl/α,β-unsaturated/α-hetero) is 1. The highest BCUT2D eigenvalue weighted by Gasteiger charge is 2.47. The number of carbonyl (C=O) groups excluding carboxylic acids is 3. The van der Waals surface area contributed by atoms with Gasteiger partial charge >= 0.3 is 0 Å². The summed E-state index contributed by atoms with van der Waals surface area (Å²) in [5.74, 6) is -0.445. The molecule has 1 aromatic heterocycles. The fourth-order valence-electron chi connectivity index (χ4n) is 2.98. The van der Waals surface area contributed by atoms with E-state index in [9.17, 15) is 14.4 Å². The second-order valence-electron chi connectivity index (χ2n) is 5.93. The van der Waals surface area contributed by atoms with Crippen LogP contribution in [0.5, 0.6) is 0 Å². The number of likely N-dealkylation sites (tertiary alicyclic amines) is 1. The molecule has 0 spiro atoms. The molecule has 0 saturated carbocycles. The highest BCUT2D eigenvalue weighted by Crippen LogP contribution is 2.32. The number of pyridine rings is 1. The molecule has 2 amide bonds. The number of carbonyl (C=O) groups is 3. The van der Waals surface area contributed by atoms with Gasteiger partial charge in [0.1, 0.15) is 11.3 Å². The van der Waals surface area contributed by atoms with Gasteiger partial charge in [-0.25, -0.2) is 0 Å². The number of hydrogen-bond donors (Lipinski definition) is 0. The number of aromatic nitrogens is 1. The van der Waals surface area contributed by atoms with E-state index in [1.54, 1.807) is 43.4 Å². The van der Waals surface area contributed by atoms with Crippen molar-refractivity contribution in [2.75, 3.05) is 20.1 Å². The second-order valence-corrected chi connectivity index (χ2v) is 5.93. The smallest absolute Gasteiger partial charge is 0.254 e. The first kappa shape index (κ1) is 16.1. The van der Waals surface area contributed by atoms with Crippen LogP contribution < -0.4 is 0 Å². The van der Waals surface area contributed by atoms with Crippen molar-refractivity contribution in [2.24, 2.45) is 0 Å². The molecule has 0 aromatic carbocycles. The van der Waals surface area contributed by atoms with Gasteiger partial charge < -0.3 is 9.80 Å². The largest absolute Gasteiger partial charge is 0.336 e. The maximum Gasteiger partial charge on any atom is 0.254 e. The third-order valence-corrected chi connectivity index (χ3v) is 4.08. The molecular formula is C16H21N3O3. The molecule has 1 fully saturated rings. The van der Waals surface area contributed by atoms with E-state index >= 15 is 0 Å². The first-order valence-electron chi connectivity index (χ1n) is 7.33. The molecule has 1 atom stereocenters. The van der Waals surface area contributed by atoms with Crippen molar-refractivity contribution < 1.29 is 14.4 Å². The lowest BCUT2D eigenvalue weighted by molar-refractivity contribution is -0.141. The molecule has 0 bridgehead atoms. The molecule has 1 aromatic rings. The van der Waals surface area contributed by atoms with Crippen LogP contribution in [-0.4, -0.2) is 58.1 Å². The molecule has 22 heavy (non-hydrogen) atoms. The average molecular weight is 303 g/mol. The van der Waals surface area contributed by atoms with Crippen LogP contribution in [0.15, 0.2) is 24.5 Å². The molecule has 0 radical (unpaired) electrons. The summed E-state index contributed by atoms with van der Waals surface area (Å²) < 4.78 is 0. The topological polar surface area (TPSA) is 70.6 Å². The Hall–Kier alpha value is -2.24. The van der Waals surface area contributed by atoms with Crippen molar-refractivity contribution in [3.63, 3.8) is 0 Å². The average Bonchev–Trinajstić information content (AvgIpc) is 2.89. The highest BCUT2D eigenvalue weighted by molar-refractivity contribution is 6.00. The van der Waals surface area contributed by atoms with Crippen LogP contribution in [0.25, 0.3) is 0 Å². The van der Waals surface area contributed by atoms with Gasteiger partial charge in [-0.2, -0.15) is 0 Å². The minimum atomic E-state index is -0.898. The number of ketones is 1. The summed E-state index contributed by atoms with van der Waals surface area (Å²) in [5.41, 5.74) is -0.380. The summed E-state index contributed by atoms with van der Waals surface area (Å²) in [5, 5.41) is 0. The van der Waals surface area contributed by atoms with Crippen LogP contribution in [0.4, 0.5) is 0 Å². The molecule has 6 nitrogen and oxygen atoms in total. The molecule has 1 saturated heterocycles. The lowest BCUT2D eigenvalue weighted by Gasteiger charge is -2.36. The summed E-state index contributed by atoms with van der Waals surface area (Å²) in [4.78, 5) is 43.5. The first-order chi connectivity index (χ1) is 10.4. The minimum absolute atomic E-state index is 0.0612. The normalized spacial score (nSPS) is 20.8. The van der Waals surface area contributed by atoms with Crippen LogP contribution in [0.2, 0.25) is 0 Å². The van der Waals surface area contributed by atoms with Gasteiger partial charge in [0.15, 0.2) is 0 Å². The molecular weight excluding hydrogens is 282 g/mol. The second kappa shape index (κ2) is 6.25. The Bertz CT molecular complexity index is 588. The van der Waals surface area contributed by atoms with Crippen LogP contribution >= 0.6 is 0 Å². The molecule has 2 heterocycles. The summed E-state index contributed by atoms with van der Waals surface area (Å²) in [7, 11) is 1.60. The zero-order valence-corrected chi connectivity index (χ0v) is 13.2. The summed E-state index contributed by atoms with van der Waals surface area (Å²) in [6.45, 7) is 3.82. The Labute approximate surface area is 130 Å². The summed E-state index contributed by atoms with van der Waals surface area (Å²) in [6, 6.07) is 3.29. The van der Waals surface area contributed by atoms with Crippen molar-refractivity contribution in [2.45, 2.75) is 32.2 Å². The Balaban J connectivity index is 2.23. The molecule has 1 aliphatic heterocycles. The predicted octanol–water partition coefficient (Wildman–Crippen LogP) is 1.12. The van der Waals surface area contributed by atoms with E-state index in [-0.39, 0.29) is 24.1 Å². The SMILES string of the molecule is CC(=O)CN(C)C(=O)[C@]1(C)CCCN1C(=O)c1ccncc1. The van der Waals surface area contributed by atoms with Crippen LogP contribution in [0.1, 0.15) is 37.0 Å². The number of rotatable bonds is 4. The van der Waals surface area contributed by atoms with Gasteiger partial charge in [-0.1, -0.05) is 0 Å². The third-order valence-electron chi connectivity index (χ3n) is 4.08. The Kier molecular flexibility index (Phi) is 4.59. The Morgan fingerprint density at radius 3 is 2.55 bits per heavy atom. The minimum Gasteiger partial charge on any atom is -0.336 e. The summed E-state index contributed by atoms with van der Waals surface area (Å²) >= 11 is 0. The van der Waals surface area contributed by atoms with E-state index < -0.39 is 5.54 Å². The standard InChI is InChI=1S/C16H21N3O3/c1-12(20)11-18(3)15(22)16(2)7-4-10-19(16)14(21)13-5-8-17-9-6-13/h5-6,8-9H,4,7,10-11H2,1-3H3/t16-/m0/s1. The molecule has 0 N–H and O–H groups in total. The number of likely N-dealkylation sites (N-methyl/N-ethyl adjacent to an activating group) is 1. The van der Waals surface area contributed by atoms with Gasteiger partial charge in [0.05, 0.1) is 6.54 Å². The van der Waals surface area contributed by atoms with Crippen molar-refractivity contribution in [1.82, 2.24) is 14.8 Å². The van der Waals surface area contributed by atoms with Crippen LogP contribution in [-0.2, 0) is 9.59 Å². The van der Waals surface area contributed by atoms with E-state index in [1.807, 2.05) is 0 Å². The molecule has 0 aliphatic carbocycles. The number of amides is 2. The lowest BCUT2D eigenvalue weighted by atomic mass is 9.96. The highest BCUT2D eigenvalue weighted by atomic mass is 16.2. The van der Waals surface area contributed by atoms with Crippen molar-refractivity contribution in [1.29, 1.82) is 0 Å². The van der Waals surface area contributed by atoms with Crippen molar-refractivity contribution in [3.8, 4) is 0 Å². The molecule has 2 rings (SSSR count). The fraction of sp³-hybridized carbons (Fsp3) is 0.500. The zero-order valence-electron chi connectivity index (χ0n) is 13.2. The zero-order chi connectivity index (χ0) is 16.3. The van der Waals surface area contributed by atoms with Gasteiger partial charge in [-0.3, -0.25) is 19.4 Å². The van der Waals surface area contributed by atoms with Crippen LogP contribution in [0, 0.1) is 0 Å². The quantitative estimate of drug-likeness (QED) is 0.836. The van der Waals surface area contributed by atoms with E-state index in [4.69, 9.17) is 0 Å². The lowest BCUT2D eigenvalue weighted by Crippen LogP contribution is -2.56. The van der Waals surface area contributed by atoms with E-state index in [0.717, 1.165) is 6.42 Å². The van der Waals surface area contributed by atoms with Gasteiger partial charge in [0.25, 0.3) is 5.91 Å². The van der Waals surface area contributed by atoms with Gasteiger partial charge in [-0.05, 0) is 38.8 Å². The van der Waals surface area contributed by atoms with Gasteiger partial charge in [0.2, 0.25) is 5.91 Å². The van der Waals surface area contributed by atoms with E-state index in [2.05, 4.69) is 4.98 Å². The maximum absolute atomic E-state index is 12.7. The summed E-state index contributed by atoms with van der Waals surface area (Å²) in [6.07, 6.45) is 4.49. The molecule has 118 valence electrons. The van der Waals surface area contributed by atoms with E-state index in [1.165, 1.54) is 11.8 Å². The number of hydrogen-bond acceptors (Lipinski definition) is 4. The van der Waals surface area contributed by atoms with Crippen molar-refractivity contribution in [3.05, 3.63) is 30.1 Å². The molecule has 6 heteroatoms. The van der Waals surface area contributed by atoms with Crippen molar-refractivity contribution >= 4 is 17.6 Å².